The molecule has 0 N–H and O–H groups in total. The smallest absolute Gasteiger partial charge is 0.155 e. The van der Waals surface area contributed by atoms with Gasteiger partial charge in [0.25, 0.3) is 0 Å². The van der Waals surface area contributed by atoms with E-state index in [1.54, 1.807) is 13.0 Å². The second kappa shape index (κ2) is 8.36. The number of carbonyl (C=O) groups excluding carboxylic acids is 2. The minimum absolute atomic E-state index is 0.0100. The summed E-state index contributed by atoms with van der Waals surface area (Å²) >= 11 is 0. The molecule has 15 heavy (non-hydrogen) atoms. The maximum atomic E-state index is 11.2. The van der Waals surface area contributed by atoms with Gasteiger partial charge in [0.05, 0.1) is 12.7 Å². The lowest BCUT2D eigenvalue weighted by molar-refractivity contribution is -0.122. The first-order valence-electron chi connectivity index (χ1n) is 5.39. The lowest BCUT2D eigenvalue weighted by Gasteiger charge is -2.02. The number of hydrogen-bond donors (Lipinski definition) is 0. The highest BCUT2D eigenvalue weighted by molar-refractivity contribution is 5.92. The number of hydrogen-bond acceptors (Lipinski definition) is 3. The number of carbonyl (C=O) groups is 2. The van der Waals surface area contributed by atoms with Crippen molar-refractivity contribution in [2.45, 2.75) is 46.1 Å². The summed E-state index contributed by atoms with van der Waals surface area (Å²) in [4.78, 5) is 22.1. The van der Waals surface area contributed by atoms with Crippen molar-refractivity contribution < 1.29 is 14.3 Å². The normalized spacial score (nSPS) is 11.2. The molecule has 0 aromatic heterocycles. The van der Waals surface area contributed by atoms with Crippen molar-refractivity contribution in [2.75, 3.05) is 6.61 Å². The minimum atomic E-state index is -0.0100. The highest BCUT2D eigenvalue weighted by atomic mass is 16.5. The molecule has 0 aromatic rings. The average Bonchev–Trinajstić information content (AvgIpc) is 2.20. The topological polar surface area (TPSA) is 43.4 Å². The molecule has 0 unspecified atom stereocenters. The van der Waals surface area contributed by atoms with E-state index in [1.807, 2.05) is 13.8 Å². The molecule has 0 saturated carbocycles. The van der Waals surface area contributed by atoms with E-state index in [2.05, 4.69) is 0 Å². The van der Waals surface area contributed by atoms with Crippen molar-refractivity contribution in [1.82, 2.24) is 0 Å². The molecular weight excluding hydrogens is 192 g/mol. The van der Waals surface area contributed by atoms with E-state index >= 15 is 0 Å². The van der Waals surface area contributed by atoms with Crippen molar-refractivity contribution >= 4 is 11.6 Å². The molecule has 3 nitrogen and oxygen atoms in total. The van der Waals surface area contributed by atoms with E-state index < -0.39 is 0 Å². The van der Waals surface area contributed by atoms with Crippen LogP contribution in [0.3, 0.4) is 0 Å². The minimum Gasteiger partial charge on any atom is -0.375 e. The maximum Gasteiger partial charge on any atom is 0.155 e. The second-order valence-electron chi connectivity index (χ2n) is 3.64. The number of allylic oxidation sites excluding steroid dienone is 1. The van der Waals surface area contributed by atoms with Crippen LogP contribution >= 0.6 is 0 Å². The monoisotopic (exact) mass is 212 g/mol. The van der Waals surface area contributed by atoms with E-state index in [-0.39, 0.29) is 17.7 Å². The lowest BCUT2D eigenvalue weighted by atomic mass is 10.1. The highest BCUT2D eigenvalue weighted by Crippen LogP contribution is 1.97. The number of rotatable bonds is 8. The fraction of sp³-hybridized carbons (Fsp3) is 0.667. The number of ether oxygens (including phenoxy) is 1. The van der Waals surface area contributed by atoms with Gasteiger partial charge in [-0.2, -0.15) is 0 Å². The molecule has 0 radical (unpaired) electrons. The largest absolute Gasteiger partial charge is 0.375 e. The molecule has 0 spiro atoms. The van der Waals surface area contributed by atoms with Crippen LogP contribution in [0.2, 0.25) is 0 Å². The van der Waals surface area contributed by atoms with Gasteiger partial charge >= 0.3 is 0 Å². The van der Waals surface area contributed by atoms with Crippen molar-refractivity contribution in [3.05, 3.63) is 12.2 Å². The van der Waals surface area contributed by atoms with Gasteiger partial charge in [-0.1, -0.05) is 13.0 Å². The summed E-state index contributed by atoms with van der Waals surface area (Å²) in [5.41, 5.74) is 0. The van der Waals surface area contributed by atoms with Gasteiger partial charge < -0.3 is 4.74 Å². The zero-order valence-electron chi connectivity index (χ0n) is 9.79. The summed E-state index contributed by atoms with van der Waals surface area (Å²) < 4.78 is 5.23. The molecule has 3 heteroatoms. The molecule has 0 aliphatic rings. The van der Waals surface area contributed by atoms with Crippen LogP contribution in [0, 0.1) is 0 Å². The van der Waals surface area contributed by atoms with Gasteiger partial charge in [-0.3, -0.25) is 9.59 Å². The molecule has 0 fully saturated rings. The molecule has 0 atom stereocenters. The van der Waals surface area contributed by atoms with E-state index in [0.29, 0.717) is 25.9 Å². The fourth-order valence-corrected chi connectivity index (χ4v) is 0.950. The van der Waals surface area contributed by atoms with Crippen LogP contribution in [0.4, 0.5) is 0 Å². The van der Waals surface area contributed by atoms with Crippen molar-refractivity contribution in [1.29, 1.82) is 0 Å². The van der Waals surface area contributed by atoms with E-state index in [0.717, 1.165) is 0 Å². The Labute approximate surface area is 91.5 Å². The first kappa shape index (κ1) is 14.0. The molecule has 0 aromatic carbocycles. The average molecular weight is 212 g/mol. The standard InChI is InChI=1S/C12H20O3/c1-4-11(13)7-8-12(14)6-5-9-15-10(2)3/h5-6,10H,4,7-9H2,1-3H3/b6-5+. The highest BCUT2D eigenvalue weighted by Gasteiger charge is 2.01. The SMILES string of the molecule is CCC(=O)CCC(=O)/C=C/COC(C)C. The molecule has 0 bridgehead atoms. The van der Waals surface area contributed by atoms with Crippen LogP contribution in [0.5, 0.6) is 0 Å². The van der Waals surface area contributed by atoms with Crippen molar-refractivity contribution in [3.63, 3.8) is 0 Å². The maximum absolute atomic E-state index is 11.2. The Morgan fingerprint density at radius 1 is 1.27 bits per heavy atom. The summed E-state index contributed by atoms with van der Waals surface area (Å²) in [7, 11) is 0. The van der Waals surface area contributed by atoms with E-state index in [4.69, 9.17) is 4.74 Å². The summed E-state index contributed by atoms with van der Waals surface area (Å²) in [6, 6.07) is 0. The van der Waals surface area contributed by atoms with Gasteiger partial charge in [-0.15, -0.1) is 0 Å². The van der Waals surface area contributed by atoms with Crippen molar-refractivity contribution in [2.24, 2.45) is 0 Å². The van der Waals surface area contributed by atoms with Crippen LogP contribution in [0.15, 0.2) is 12.2 Å². The third-order valence-corrected chi connectivity index (χ3v) is 1.87. The molecule has 0 aliphatic heterocycles. The molecular formula is C12H20O3. The number of Topliss-reactive ketones (excluding diaryl/α,β-unsaturated/α-hetero) is 1. The Hall–Kier alpha value is -0.960. The molecule has 0 rings (SSSR count). The fourth-order valence-electron chi connectivity index (χ4n) is 0.950. The van der Waals surface area contributed by atoms with E-state index in [9.17, 15) is 9.59 Å². The van der Waals surface area contributed by atoms with Crippen LogP contribution in [0.25, 0.3) is 0 Å². The summed E-state index contributed by atoms with van der Waals surface area (Å²) in [5, 5.41) is 0. The summed E-state index contributed by atoms with van der Waals surface area (Å²) in [6.45, 7) is 6.13. The predicted molar refractivity (Wildman–Crippen MR) is 59.8 cm³/mol. The predicted octanol–water partition coefficient (Wildman–Crippen LogP) is 2.30. The van der Waals surface area contributed by atoms with Gasteiger partial charge in [0.15, 0.2) is 5.78 Å². The number of ketones is 2. The molecule has 0 aliphatic carbocycles. The Bertz CT molecular complexity index is 229. The third-order valence-electron chi connectivity index (χ3n) is 1.87. The summed E-state index contributed by atoms with van der Waals surface area (Å²) in [6.07, 6.45) is 4.53. The van der Waals surface area contributed by atoms with Crippen LogP contribution in [-0.4, -0.2) is 24.3 Å². The second-order valence-corrected chi connectivity index (χ2v) is 3.64. The Morgan fingerprint density at radius 2 is 1.93 bits per heavy atom. The van der Waals surface area contributed by atoms with Gasteiger partial charge in [0.2, 0.25) is 0 Å². The first-order valence-corrected chi connectivity index (χ1v) is 5.39. The Balaban J connectivity index is 3.60. The molecule has 0 heterocycles. The van der Waals surface area contributed by atoms with E-state index in [1.165, 1.54) is 6.08 Å². The van der Waals surface area contributed by atoms with Crippen LogP contribution in [0.1, 0.15) is 40.0 Å². The molecule has 0 amide bonds. The Kier molecular flexibility index (Phi) is 7.82. The first-order chi connectivity index (χ1) is 7.06. The quantitative estimate of drug-likeness (QED) is 0.580. The van der Waals surface area contributed by atoms with Gasteiger partial charge in [0, 0.05) is 19.3 Å². The van der Waals surface area contributed by atoms with Crippen LogP contribution < -0.4 is 0 Å². The third kappa shape index (κ3) is 9.35. The van der Waals surface area contributed by atoms with Gasteiger partial charge in [0.1, 0.15) is 5.78 Å². The van der Waals surface area contributed by atoms with Crippen LogP contribution in [-0.2, 0) is 14.3 Å². The Morgan fingerprint density at radius 3 is 2.47 bits per heavy atom. The lowest BCUT2D eigenvalue weighted by Crippen LogP contribution is -2.03. The van der Waals surface area contributed by atoms with Gasteiger partial charge in [-0.25, -0.2) is 0 Å². The molecule has 86 valence electrons. The summed E-state index contributed by atoms with van der Waals surface area (Å²) in [5.74, 6) is 0.124. The molecule has 0 saturated heterocycles. The zero-order valence-corrected chi connectivity index (χ0v) is 9.79. The van der Waals surface area contributed by atoms with Crippen molar-refractivity contribution in [3.8, 4) is 0 Å². The zero-order chi connectivity index (χ0) is 11.7. The van der Waals surface area contributed by atoms with Gasteiger partial charge in [-0.05, 0) is 19.9 Å².